The number of nitrogens with one attached hydrogen (secondary N) is 1. The Morgan fingerprint density at radius 3 is 2.67 bits per heavy atom. The Kier molecular flexibility index (Phi) is 2.38. The first kappa shape index (κ1) is 8.21. The minimum Gasteiger partial charge on any atom is -0.397 e. The zero-order valence-electron chi connectivity index (χ0n) is 6.54. The van der Waals surface area contributed by atoms with Gasteiger partial charge in [-0.1, -0.05) is 0 Å². The van der Waals surface area contributed by atoms with E-state index in [1.54, 1.807) is 18.2 Å². The van der Waals surface area contributed by atoms with Crippen LogP contribution in [0.25, 0.3) is 0 Å². The molecule has 4 heteroatoms. The zero-order chi connectivity index (χ0) is 8.97. The van der Waals surface area contributed by atoms with Crippen molar-refractivity contribution in [2.45, 2.75) is 0 Å². The number of nitriles is 1. The van der Waals surface area contributed by atoms with Gasteiger partial charge in [-0.3, -0.25) is 0 Å². The van der Waals surface area contributed by atoms with Crippen LogP contribution in [0.1, 0.15) is 0 Å². The fourth-order valence-corrected chi connectivity index (χ4v) is 0.826. The minimum atomic E-state index is 0.267. The Labute approximate surface area is 70.8 Å². The van der Waals surface area contributed by atoms with Gasteiger partial charge < -0.3 is 16.8 Å². The topological polar surface area (TPSA) is 87.9 Å². The van der Waals surface area contributed by atoms with Crippen molar-refractivity contribution in [1.29, 1.82) is 5.26 Å². The molecule has 12 heavy (non-hydrogen) atoms. The van der Waals surface area contributed by atoms with E-state index >= 15 is 0 Å². The molecule has 5 N–H and O–H groups in total. The van der Waals surface area contributed by atoms with E-state index in [2.05, 4.69) is 5.32 Å². The van der Waals surface area contributed by atoms with E-state index in [4.69, 9.17) is 16.7 Å². The zero-order valence-corrected chi connectivity index (χ0v) is 6.54. The molecule has 1 rings (SSSR count). The molecule has 0 amide bonds. The van der Waals surface area contributed by atoms with Gasteiger partial charge in [0.2, 0.25) is 0 Å². The van der Waals surface area contributed by atoms with Crippen molar-refractivity contribution < 1.29 is 0 Å². The summed E-state index contributed by atoms with van der Waals surface area (Å²) in [5.41, 5.74) is 12.9. The van der Waals surface area contributed by atoms with E-state index in [0.29, 0.717) is 11.4 Å². The van der Waals surface area contributed by atoms with Gasteiger partial charge in [-0.2, -0.15) is 5.26 Å². The summed E-state index contributed by atoms with van der Waals surface area (Å²) in [5.74, 6) is 0. The minimum absolute atomic E-state index is 0.267. The highest BCUT2D eigenvalue weighted by molar-refractivity contribution is 5.69. The van der Waals surface area contributed by atoms with E-state index in [0.717, 1.165) is 5.69 Å². The van der Waals surface area contributed by atoms with Crippen LogP contribution in [-0.4, -0.2) is 6.54 Å². The number of nitrogens with zero attached hydrogens (tertiary/aromatic N) is 1. The summed E-state index contributed by atoms with van der Waals surface area (Å²) < 4.78 is 0. The lowest BCUT2D eigenvalue weighted by atomic mass is 10.2. The molecule has 0 aliphatic rings. The Morgan fingerprint density at radius 2 is 2.08 bits per heavy atom. The van der Waals surface area contributed by atoms with Crippen molar-refractivity contribution in [2.75, 3.05) is 23.3 Å². The molecule has 0 unspecified atom stereocenters. The summed E-state index contributed by atoms with van der Waals surface area (Å²) in [6, 6.07) is 7.15. The van der Waals surface area contributed by atoms with E-state index in [1.165, 1.54) is 0 Å². The molecule has 1 aromatic rings. The van der Waals surface area contributed by atoms with Gasteiger partial charge in [0.05, 0.1) is 17.4 Å². The maximum absolute atomic E-state index is 8.28. The number of nitrogen functional groups attached to an aromatic ring is 2. The lowest BCUT2D eigenvalue weighted by Gasteiger charge is -2.04. The highest BCUT2D eigenvalue weighted by atomic mass is 14.9. The molecule has 0 aliphatic heterocycles. The van der Waals surface area contributed by atoms with Gasteiger partial charge in [0.1, 0.15) is 6.54 Å². The normalized spacial score (nSPS) is 8.92. The van der Waals surface area contributed by atoms with E-state index in [-0.39, 0.29) is 6.54 Å². The summed E-state index contributed by atoms with van der Waals surface area (Å²) in [5, 5.41) is 11.1. The Balaban J connectivity index is 2.77. The van der Waals surface area contributed by atoms with Crippen LogP contribution in [0.3, 0.4) is 0 Å². The molecule has 0 bridgehead atoms. The van der Waals surface area contributed by atoms with E-state index in [1.807, 2.05) is 6.07 Å². The third-order valence-corrected chi connectivity index (χ3v) is 1.46. The van der Waals surface area contributed by atoms with Crippen LogP contribution in [0, 0.1) is 11.3 Å². The maximum atomic E-state index is 8.28. The maximum Gasteiger partial charge on any atom is 0.103 e. The fourth-order valence-electron chi connectivity index (χ4n) is 0.826. The Bertz CT molecular complexity index is 313. The first-order valence-corrected chi connectivity index (χ1v) is 3.50. The standard InChI is InChI=1S/C8H10N4/c9-3-4-12-6-1-2-7(10)8(11)5-6/h1-2,5,12H,4,10-11H2. The SMILES string of the molecule is N#CCNc1ccc(N)c(N)c1. The van der Waals surface area contributed by atoms with Gasteiger partial charge in [0.15, 0.2) is 0 Å². The van der Waals surface area contributed by atoms with Gasteiger partial charge in [0, 0.05) is 5.69 Å². The largest absolute Gasteiger partial charge is 0.397 e. The molecule has 62 valence electrons. The molecule has 0 fully saturated rings. The van der Waals surface area contributed by atoms with Crippen LogP contribution < -0.4 is 16.8 Å². The summed E-state index contributed by atoms with van der Waals surface area (Å²) in [7, 11) is 0. The molecule has 0 spiro atoms. The van der Waals surface area contributed by atoms with Gasteiger partial charge in [-0.15, -0.1) is 0 Å². The average Bonchev–Trinajstić information content (AvgIpc) is 2.07. The molecule has 4 nitrogen and oxygen atoms in total. The molecular weight excluding hydrogens is 152 g/mol. The molecule has 0 aliphatic carbocycles. The molecule has 1 aromatic carbocycles. The third-order valence-electron chi connectivity index (χ3n) is 1.46. The number of anilines is 3. The lowest BCUT2D eigenvalue weighted by Crippen LogP contribution is -2.00. The Hall–Kier alpha value is -1.89. The highest BCUT2D eigenvalue weighted by Gasteiger charge is 1.95. The van der Waals surface area contributed by atoms with Crippen molar-refractivity contribution in [1.82, 2.24) is 0 Å². The van der Waals surface area contributed by atoms with Crippen LogP contribution >= 0.6 is 0 Å². The smallest absolute Gasteiger partial charge is 0.103 e. The van der Waals surface area contributed by atoms with Crippen LogP contribution in [0.4, 0.5) is 17.1 Å². The number of nitrogens with two attached hydrogens (primary N) is 2. The summed E-state index contributed by atoms with van der Waals surface area (Å²) in [4.78, 5) is 0. The van der Waals surface area contributed by atoms with Crippen molar-refractivity contribution in [3.8, 4) is 6.07 Å². The van der Waals surface area contributed by atoms with Gasteiger partial charge in [0.25, 0.3) is 0 Å². The molecule has 0 radical (unpaired) electrons. The molecule has 0 heterocycles. The number of hydrogen-bond acceptors (Lipinski definition) is 4. The fraction of sp³-hybridized carbons (Fsp3) is 0.125. The predicted octanol–water partition coefficient (Wildman–Crippen LogP) is 0.786. The molecule has 0 saturated heterocycles. The van der Waals surface area contributed by atoms with E-state index < -0.39 is 0 Å². The average molecular weight is 162 g/mol. The highest BCUT2D eigenvalue weighted by Crippen LogP contribution is 2.18. The summed E-state index contributed by atoms with van der Waals surface area (Å²) in [6.07, 6.45) is 0. The van der Waals surface area contributed by atoms with Crippen LogP contribution in [-0.2, 0) is 0 Å². The summed E-state index contributed by atoms with van der Waals surface area (Å²) in [6.45, 7) is 0.267. The van der Waals surface area contributed by atoms with Crippen molar-refractivity contribution in [3.63, 3.8) is 0 Å². The first-order chi connectivity index (χ1) is 5.74. The molecular formula is C8H10N4. The molecule has 0 saturated carbocycles. The number of benzene rings is 1. The van der Waals surface area contributed by atoms with E-state index in [9.17, 15) is 0 Å². The second-order valence-corrected chi connectivity index (χ2v) is 2.36. The monoisotopic (exact) mass is 162 g/mol. The Morgan fingerprint density at radius 1 is 1.33 bits per heavy atom. The lowest BCUT2D eigenvalue weighted by molar-refractivity contribution is 1.32. The predicted molar refractivity (Wildman–Crippen MR) is 49.4 cm³/mol. The third kappa shape index (κ3) is 1.80. The van der Waals surface area contributed by atoms with Crippen molar-refractivity contribution in [2.24, 2.45) is 0 Å². The second-order valence-electron chi connectivity index (χ2n) is 2.36. The van der Waals surface area contributed by atoms with Crippen LogP contribution in [0.5, 0.6) is 0 Å². The number of hydrogen-bond donors (Lipinski definition) is 3. The van der Waals surface area contributed by atoms with Crippen LogP contribution in [0.15, 0.2) is 18.2 Å². The quantitative estimate of drug-likeness (QED) is 0.443. The van der Waals surface area contributed by atoms with Crippen LogP contribution in [0.2, 0.25) is 0 Å². The second kappa shape index (κ2) is 3.49. The van der Waals surface area contributed by atoms with Gasteiger partial charge in [-0.25, -0.2) is 0 Å². The van der Waals surface area contributed by atoms with Crippen molar-refractivity contribution >= 4 is 17.1 Å². The van der Waals surface area contributed by atoms with Gasteiger partial charge >= 0.3 is 0 Å². The summed E-state index contributed by atoms with van der Waals surface area (Å²) >= 11 is 0. The first-order valence-electron chi connectivity index (χ1n) is 3.50. The van der Waals surface area contributed by atoms with Gasteiger partial charge in [-0.05, 0) is 18.2 Å². The molecule has 0 aromatic heterocycles. The molecule has 0 atom stereocenters. The number of rotatable bonds is 2. The van der Waals surface area contributed by atoms with Crippen molar-refractivity contribution in [3.05, 3.63) is 18.2 Å².